The molecule has 2 N–H and O–H groups in total. The normalized spacial score (nSPS) is 10.5. The number of benzene rings is 2. The van der Waals surface area contributed by atoms with Gasteiger partial charge in [0, 0.05) is 17.1 Å². The molecule has 0 saturated carbocycles. The van der Waals surface area contributed by atoms with Gasteiger partial charge in [-0.25, -0.2) is 9.18 Å². The summed E-state index contributed by atoms with van der Waals surface area (Å²) in [4.78, 5) is 16.0. The van der Waals surface area contributed by atoms with Crippen molar-refractivity contribution in [3.8, 4) is 11.4 Å². The molecule has 3 rings (SSSR count). The third kappa shape index (κ3) is 4.77. The molecule has 0 bridgehead atoms. The van der Waals surface area contributed by atoms with Crippen LogP contribution in [0.5, 0.6) is 0 Å². The number of nitrogens with zero attached hydrogens (tertiary/aromatic N) is 2. The first-order valence-electron chi connectivity index (χ1n) is 7.45. The van der Waals surface area contributed by atoms with Crippen molar-refractivity contribution < 1.29 is 13.7 Å². The Balaban J connectivity index is 1.50. The van der Waals surface area contributed by atoms with Crippen molar-refractivity contribution in [2.75, 3.05) is 0 Å². The Hall–Kier alpha value is -2.93. The maximum atomic E-state index is 12.9. The summed E-state index contributed by atoms with van der Waals surface area (Å²) in [5, 5.41) is 9.73. The molecule has 0 spiro atoms. The molecule has 0 radical (unpaired) electrons. The van der Waals surface area contributed by atoms with E-state index in [4.69, 9.17) is 16.1 Å². The van der Waals surface area contributed by atoms with Gasteiger partial charge in [-0.15, -0.1) is 0 Å². The molecule has 25 heavy (non-hydrogen) atoms. The van der Waals surface area contributed by atoms with E-state index < -0.39 is 0 Å². The van der Waals surface area contributed by atoms with Crippen molar-refractivity contribution in [3.05, 3.63) is 70.8 Å². The van der Waals surface area contributed by atoms with E-state index >= 15 is 0 Å². The third-order valence-electron chi connectivity index (χ3n) is 3.31. The number of aromatic nitrogens is 2. The molecule has 0 atom stereocenters. The number of nitrogens with one attached hydrogen (secondary N) is 2. The predicted octanol–water partition coefficient (Wildman–Crippen LogP) is 3.53. The van der Waals surface area contributed by atoms with Crippen LogP contribution in [0, 0.1) is 5.82 Å². The summed E-state index contributed by atoms with van der Waals surface area (Å²) < 4.78 is 18.0. The largest absolute Gasteiger partial charge is 0.337 e. The molecule has 0 saturated heterocycles. The fourth-order valence-electron chi connectivity index (χ4n) is 2.09. The molecule has 0 unspecified atom stereocenters. The summed E-state index contributed by atoms with van der Waals surface area (Å²) >= 11 is 5.89. The maximum Gasteiger partial charge on any atom is 0.315 e. The van der Waals surface area contributed by atoms with Gasteiger partial charge in [0.05, 0.1) is 6.54 Å². The fourth-order valence-corrected chi connectivity index (χ4v) is 2.30. The predicted molar refractivity (Wildman–Crippen MR) is 90.2 cm³/mol. The summed E-state index contributed by atoms with van der Waals surface area (Å²) in [5.74, 6) is 0.235. The number of carbonyl (C=O) groups is 1. The lowest BCUT2D eigenvalue weighted by Crippen LogP contribution is -2.34. The molecule has 0 fully saturated rings. The minimum Gasteiger partial charge on any atom is -0.337 e. The van der Waals surface area contributed by atoms with E-state index in [0.717, 1.165) is 5.56 Å². The number of rotatable bonds is 5. The highest BCUT2D eigenvalue weighted by molar-refractivity contribution is 6.30. The van der Waals surface area contributed by atoms with Crippen LogP contribution in [0.25, 0.3) is 11.4 Å². The molecule has 1 heterocycles. The van der Waals surface area contributed by atoms with Gasteiger partial charge >= 0.3 is 6.03 Å². The SMILES string of the molecule is O=C(NCc1cccc(Cl)c1)NCc1nc(-c2ccc(F)cc2)no1. The highest BCUT2D eigenvalue weighted by atomic mass is 35.5. The van der Waals surface area contributed by atoms with Crippen LogP contribution in [-0.4, -0.2) is 16.2 Å². The van der Waals surface area contributed by atoms with Crippen LogP contribution in [0.1, 0.15) is 11.5 Å². The van der Waals surface area contributed by atoms with Crippen LogP contribution in [0.3, 0.4) is 0 Å². The Labute approximate surface area is 148 Å². The van der Waals surface area contributed by atoms with Gasteiger partial charge in [0.25, 0.3) is 0 Å². The van der Waals surface area contributed by atoms with Gasteiger partial charge in [-0.3, -0.25) is 0 Å². The Kier molecular flexibility index (Phi) is 5.25. The van der Waals surface area contributed by atoms with E-state index in [-0.39, 0.29) is 24.3 Å². The number of hydrogen-bond acceptors (Lipinski definition) is 4. The summed E-state index contributed by atoms with van der Waals surface area (Å²) in [6.45, 7) is 0.423. The van der Waals surface area contributed by atoms with Crippen molar-refractivity contribution >= 4 is 17.6 Å². The topological polar surface area (TPSA) is 80.0 Å². The number of urea groups is 1. The van der Waals surface area contributed by atoms with Crippen LogP contribution < -0.4 is 10.6 Å². The lowest BCUT2D eigenvalue weighted by molar-refractivity contribution is 0.238. The standard InChI is InChI=1S/C17H14ClFN4O2/c18-13-3-1-2-11(8-13)9-20-17(24)21-10-15-22-16(23-25-15)12-4-6-14(19)7-5-12/h1-8H,9-10H2,(H2,20,21,24). The van der Waals surface area contributed by atoms with Gasteiger partial charge in [-0.1, -0.05) is 28.9 Å². The Bertz CT molecular complexity index is 867. The van der Waals surface area contributed by atoms with Crippen molar-refractivity contribution in [1.29, 1.82) is 0 Å². The second kappa shape index (κ2) is 7.76. The van der Waals surface area contributed by atoms with Crippen LogP contribution in [0.2, 0.25) is 5.02 Å². The van der Waals surface area contributed by atoms with Gasteiger partial charge in [0.15, 0.2) is 0 Å². The molecule has 8 heteroatoms. The molecule has 128 valence electrons. The van der Waals surface area contributed by atoms with Crippen molar-refractivity contribution in [2.24, 2.45) is 0 Å². The summed E-state index contributed by atoms with van der Waals surface area (Å²) in [5.41, 5.74) is 1.51. The molecule has 2 aromatic carbocycles. The maximum absolute atomic E-state index is 12.9. The highest BCUT2D eigenvalue weighted by Gasteiger charge is 2.10. The van der Waals surface area contributed by atoms with E-state index in [1.807, 2.05) is 12.1 Å². The summed E-state index contributed by atoms with van der Waals surface area (Å²) in [6, 6.07) is 12.6. The first-order valence-corrected chi connectivity index (χ1v) is 7.82. The molecular formula is C17H14ClFN4O2. The molecule has 3 aromatic rings. The number of carbonyl (C=O) groups excluding carboxylic acids is 1. The van der Waals surface area contributed by atoms with Gasteiger partial charge in [0.1, 0.15) is 5.82 Å². The Morgan fingerprint density at radius 1 is 1.12 bits per heavy atom. The van der Waals surface area contributed by atoms with Gasteiger partial charge in [0.2, 0.25) is 11.7 Å². The monoisotopic (exact) mass is 360 g/mol. The highest BCUT2D eigenvalue weighted by Crippen LogP contribution is 2.16. The second-order valence-electron chi connectivity index (χ2n) is 5.18. The lowest BCUT2D eigenvalue weighted by Gasteiger charge is -2.06. The first-order chi connectivity index (χ1) is 12.1. The quantitative estimate of drug-likeness (QED) is 0.729. The van der Waals surface area contributed by atoms with E-state index in [1.165, 1.54) is 12.1 Å². The van der Waals surface area contributed by atoms with E-state index in [1.54, 1.807) is 24.3 Å². The molecule has 2 amide bonds. The molecule has 0 aliphatic rings. The minimum absolute atomic E-state index is 0.0789. The van der Waals surface area contributed by atoms with Crippen LogP contribution in [-0.2, 0) is 13.1 Å². The van der Waals surface area contributed by atoms with Crippen molar-refractivity contribution in [1.82, 2.24) is 20.8 Å². The smallest absolute Gasteiger partial charge is 0.315 e. The zero-order valence-electron chi connectivity index (χ0n) is 13.0. The minimum atomic E-state index is -0.374. The molecular weight excluding hydrogens is 347 g/mol. The number of amides is 2. The average Bonchev–Trinajstić information content (AvgIpc) is 3.08. The van der Waals surface area contributed by atoms with Gasteiger partial charge in [-0.05, 0) is 42.0 Å². The fraction of sp³-hybridized carbons (Fsp3) is 0.118. The number of hydrogen-bond donors (Lipinski definition) is 2. The first kappa shape index (κ1) is 16.9. The van der Waals surface area contributed by atoms with Crippen molar-refractivity contribution in [3.63, 3.8) is 0 Å². The molecule has 0 aliphatic carbocycles. The van der Waals surface area contributed by atoms with Crippen LogP contribution in [0.15, 0.2) is 53.1 Å². The Morgan fingerprint density at radius 2 is 1.88 bits per heavy atom. The van der Waals surface area contributed by atoms with Crippen LogP contribution >= 0.6 is 11.6 Å². The zero-order valence-corrected chi connectivity index (χ0v) is 13.8. The average molecular weight is 361 g/mol. The Morgan fingerprint density at radius 3 is 2.64 bits per heavy atom. The lowest BCUT2D eigenvalue weighted by atomic mass is 10.2. The van der Waals surface area contributed by atoms with Gasteiger partial charge < -0.3 is 15.2 Å². The number of halogens is 2. The van der Waals surface area contributed by atoms with Gasteiger partial charge in [-0.2, -0.15) is 4.98 Å². The van der Waals surface area contributed by atoms with E-state index in [2.05, 4.69) is 20.8 Å². The molecule has 0 aliphatic heterocycles. The molecule has 6 nitrogen and oxygen atoms in total. The molecule has 1 aromatic heterocycles. The van der Waals surface area contributed by atoms with E-state index in [0.29, 0.717) is 23.0 Å². The van der Waals surface area contributed by atoms with Crippen LogP contribution in [0.4, 0.5) is 9.18 Å². The summed E-state index contributed by atoms with van der Waals surface area (Å²) in [6.07, 6.45) is 0. The van der Waals surface area contributed by atoms with E-state index in [9.17, 15) is 9.18 Å². The summed E-state index contributed by atoms with van der Waals surface area (Å²) in [7, 11) is 0. The third-order valence-corrected chi connectivity index (χ3v) is 3.55. The second-order valence-corrected chi connectivity index (χ2v) is 5.62. The van der Waals surface area contributed by atoms with Crippen molar-refractivity contribution in [2.45, 2.75) is 13.1 Å². The zero-order chi connectivity index (χ0) is 17.6.